The molecule has 98 valence electrons. The molecule has 7 nitrogen and oxygen atoms in total. The number of nitrogens with zero attached hydrogens (tertiary/aromatic N) is 2. The lowest BCUT2D eigenvalue weighted by molar-refractivity contribution is 0.0878. The summed E-state index contributed by atoms with van der Waals surface area (Å²) in [4.78, 5) is 42.3. The van der Waals surface area contributed by atoms with E-state index in [0.717, 1.165) is 0 Å². The summed E-state index contributed by atoms with van der Waals surface area (Å²) in [6.45, 7) is 0. The molecule has 0 atom stereocenters. The minimum atomic E-state index is -0.469. The highest BCUT2D eigenvalue weighted by atomic mass is 16.2. The van der Waals surface area contributed by atoms with E-state index in [9.17, 15) is 14.4 Å². The molecule has 0 radical (unpaired) electrons. The summed E-state index contributed by atoms with van der Waals surface area (Å²) in [6, 6.07) is 5.97. The van der Waals surface area contributed by atoms with Gasteiger partial charge in [0.1, 0.15) is 12.0 Å². The lowest BCUT2D eigenvalue weighted by atomic mass is 10.1. The number of nitrogens with one attached hydrogen (secondary N) is 2. The summed E-state index contributed by atoms with van der Waals surface area (Å²) < 4.78 is 0. The van der Waals surface area contributed by atoms with Crippen molar-refractivity contribution >= 4 is 23.4 Å². The van der Waals surface area contributed by atoms with Crippen LogP contribution in [-0.4, -0.2) is 27.7 Å². The molecule has 20 heavy (non-hydrogen) atoms. The lowest BCUT2D eigenvalue weighted by Gasteiger charge is -2.05. The Morgan fingerprint density at radius 3 is 2.65 bits per heavy atom. The van der Waals surface area contributed by atoms with Gasteiger partial charge in [0, 0.05) is 11.9 Å². The van der Waals surface area contributed by atoms with Crippen LogP contribution in [-0.2, 0) is 0 Å². The topological polar surface area (TPSA) is 101 Å². The summed E-state index contributed by atoms with van der Waals surface area (Å²) in [5.41, 5.74) is 1.17. The maximum atomic E-state index is 11.9. The van der Waals surface area contributed by atoms with Gasteiger partial charge in [-0.15, -0.1) is 0 Å². The Balaban J connectivity index is 1.86. The first-order chi connectivity index (χ1) is 9.65. The summed E-state index contributed by atoms with van der Waals surface area (Å²) in [5.74, 6) is -1.32. The van der Waals surface area contributed by atoms with Gasteiger partial charge in [-0.25, -0.2) is 9.97 Å². The number of hydrogen-bond acceptors (Lipinski definition) is 5. The third-order valence-corrected chi connectivity index (χ3v) is 2.81. The Morgan fingerprint density at radius 1 is 1.10 bits per heavy atom. The second kappa shape index (κ2) is 4.54. The van der Waals surface area contributed by atoms with Gasteiger partial charge < -0.3 is 5.32 Å². The van der Waals surface area contributed by atoms with E-state index in [1.54, 1.807) is 6.07 Å². The zero-order valence-corrected chi connectivity index (χ0v) is 10.1. The van der Waals surface area contributed by atoms with Crippen molar-refractivity contribution in [1.29, 1.82) is 0 Å². The van der Waals surface area contributed by atoms with Gasteiger partial charge in [-0.05, 0) is 24.3 Å². The Morgan fingerprint density at radius 2 is 1.90 bits per heavy atom. The van der Waals surface area contributed by atoms with E-state index < -0.39 is 17.7 Å². The van der Waals surface area contributed by atoms with Crippen LogP contribution in [0.25, 0.3) is 0 Å². The van der Waals surface area contributed by atoms with Crippen molar-refractivity contribution in [2.75, 3.05) is 5.32 Å². The molecular formula is C13H8N4O3. The van der Waals surface area contributed by atoms with Gasteiger partial charge in [0.25, 0.3) is 17.7 Å². The molecule has 1 aromatic heterocycles. The molecule has 3 rings (SSSR count). The molecule has 0 fully saturated rings. The molecule has 2 aromatic rings. The molecular weight excluding hydrogens is 260 g/mol. The van der Waals surface area contributed by atoms with Crippen LogP contribution >= 0.6 is 0 Å². The third kappa shape index (κ3) is 2.01. The Hall–Kier alpha value is -3.09. The number of aromatic nitrogens is 2. The van der Waals surface area contributed by atoms with Gasteiger partial charge in [0.05, 0.1) is 11.1 Å². The number of carbonyl (C=O) groups is 3. The highest BCUT2D eigenvalue weighted by molar-refractivity contribution is 6.22. The van der Waals surface area contributed by atoms with Gasteiger partial charge in [-0.2, -0.15) is 0 Å². The number of fused-ring (bicyclic) bond motifs is 1. The monoisotopic (exact) mass is 268 g/mol. The fraction of sp³-hybridized carbons (Fsp3) is 0. The first-order valence-electron chi connectivity index (χ1n) is 5.72. The van der Waals surface area contributed by atoms with Gasteiger partial charge >= 0.3 is 0 Å². The summed E-state index contributed by atoms with van der Waals surface area (Å²) in [7, 11) is 0. The largest absolute Gasteiger partial charge is 0.321 e. The van der Waals surface area contributed by atoms with E-state index in [1.165, 1.54) is 30.7 Å². The van der Waals surface area contributed by atoms with Crippen LogP contribution < -0.4 is 10.6 Å². The Bertz CT molecular complexity index is 728. The van der Waals surface area contributed by atoms with Crippen molar-refractivity contribution < 1.29 is 14.4 Å². The van der Waals surface area contributed by atoms with Crippen LogP contribution in [0.5, 0.6) is 0 Å². The van der Waals surface area contributed by atoms with Gasteiger partial charge in [0.15, 0.2) is 0 Å². The quantitative estimate of drug-likeness (QED) is 0.777. The number of rotatable bonds is 2. The maximum absolute atomic E-state index is 11.9. The lowest BCUT2D eigenvalue weighted by Crippen LogP contribution is -2.19. The predicted octanol–water partition coefficient (Wildman–Crippen LogP) is 0.612. The van der Waals surface area contributed by atoms with E-state index in [0.29, 0.717) is 11.3 Å². The molecule has 0 aliphatic carbocycles. The van der Waals surface area contributed by atoms with Crippen molar-refractivity contribution in [1.82, 2.24) is 15.3 Å². The first kappa shape index (κ1) is 12.0. The van der Waals surface area contributed by atoms with E-state index in [1.807, 2.05) is 0 Å². The molecule has 1 aromatic carbocycles. The average Bonchev–Trinajstić information content (AvgIpc) is 2.75. The van der Waals surface area contributed by atoms with Crippen LogP contribution in [0.4, 0.5) is 5.69 Å². The standard InChI is InChI=1S/C13H8N4O3/c18-11-8-2-1-7(5-9(8)12(19)17-11)16-13(20)10-3-4-14-6-15-10/h1-6H,(H,16,20)(H,17,18,19). The maximum Gasteiger partial charge on any atom is 0.274 e. The van der Waals surface area contributed by atoms with Crippen LogP contribution in [0.1, 0.15) is 31.2 Å². The van der Waals surface area contributed by atoms with E-state index in [-0.39, 0.29) is 11.3 Å². The third-order valence-electron chi connectivity index (χ3n) is 2.81. The average molecular weight is 268 g/mol. The van der Waals surface area contributed by atoms with Crippen molar-refractivity contribution in [3.05, 3.63) is 53.6 Å². The number of imide groups is 1. The molecule has 1 aliphatic rings. The van der Waals surface area contributed by atoms with Crippen molar-refractivity contribution in [3.8, 4) is 0 Å². The molecule has 0 unspecified atom stereocenters. The summed E-state index contributed by atoms with van der Waals surface area (Å²) in [6.07, 6.45) is 2.72. The van der Waals surface area contributed by atoms with Crippen LogP contribution in [0.15, 0.2) is 36.8 Å². The molecule has 0 saturated heterocycles. The van der Waals surface area contributed by atoms with Crippen LogP contribution in [0, 0.1) is 0 Å². The second-order valence-corrected chi connectivity index (χ2v) is 4.09. The molecule has 0 saturated carbocycles. The number of hydrogen-bond donors (Lipinski definition) is 2. The minimum Gasteiger partial charge on any atom is -0.321 e. The Kier molecular flexibility index (Phi) is 2.72. The molecule has 1 aliphatic heterocycles. The minimum absolute atomic E-state index is 0.209. The van der Waals surface area contributed by atoms with Gasteiger partial charge in [-0.3, -0.25) is 19.7 Å². The highest BCUT2D eigenvalue weighted by Crippen LogP contribution is 2.20. The zero-order chi connectivity index (χ0) is 14.1. The smallest absolute Gasteiger partial charge is 0.274 e. The molecule has 0 bridgehead atoms. The fourth-order valence-corrected chi connectivity index (χ4v) is 1.87. The fourth-order valence-electron chi connectivity index (χ4n) is 1.87. The van der Waals surface area contributed by atoms with Crippen LogP contribution in [0.2, 0.25) is 0 Å². The molecule has 2 N–H and O–H groups in total. The van der Waals surface area contributed by atoms with E-state index >= 15 is 0 Å². The van der Waals surface area contributed by atoms with Crippen LogP contribution in [0.3, 0.4) is 0 Å². The number of amides is 3. The Labute approximate surface area is 113 Å². The summed E-state index contributed by atoms with van der Waals surface area (Å²) >= 11 is 0. The highest BCUT2D eigenvalue weighted by Gasteiger charge is 2.26. The van der Waals surface area contributed by atoms with Crippen molar-refractivity contribution in [2.45, 2.75) is 0 Å². The number of benzene rings is 1. The second-order valence-electron chi connectivity index (χ2n) is 4.09. The molecule has 3 amide bonds. The number of anilines is 1. The van der Waals surface area contributed by atoms with Crippen molar-refractivity contribution in [2.24, 2.45) is 0 Å². The normalized spacial score (nSPS) is 12.8. The molecule has 2 heterocycles. The first-order valence-corrected chi connectivity index (χ1v) is 5.72. The zero-order valence-electron chi connectivity index (χ0n) is 10.1. The van der Waals surface area contributed by atoms with E-state index in [4.69, 9.17) is 0 Å². The predicted molar refractivity (Wildman–Crippen MR) is 68.2 cm³/mol. The van der Waals surface area contributed by atoms with Crippen molar-refractivity contribution in [3.63, 3.8) is 0 Å². The number of carbonyl (C=O) groups excluding carboxylic acids is 3. The molecule has 7 heteroatoms. The summed E-state index contributed by atoms with van der Waals surface area (Å²) in [5, 5.41) is 4.79. The SMILES string of the molecule is O=C(Nc1ccc2c(c1)C(=O)NC2=O)c1ccncn1. The van der Waals surface area contributed by atoms with Gasteiger partial charge in [-0.1, -0.05) is 0 Å². The molecule has 0 spiro atoms. The van der Waals surface area contributed by atoms with Gasteiger partial charge in [0.2, 0.25) is 0 Å². The van der Waals surface area contributed by atoms with E-state index in [2.05, 4.69) is 20.6 Å².